The average Bonchev–Trinajstić information content (AvgIpc) is 3.27. The van der Waals surface area contributed by atoms with Crippen molar-refractivity contribution in [3.8, 4) is 0 Å². The largest absolute Gasteiger partial charge is 0.462 e. The highest BCUT2D eigenvalue weighted by molar-refractivity contribution is 5.70. The van der Waals surface area contributed by atoms with E-state index in [-0.39, 0.29) is 32.0 Å². The van der Waals surface area contributed by atoms with Crippen LogP contribution in [0.25, 0.3) is 0 Å². The predicted molar refractivity (Wildman–Crippen MR) is 252 cm³/mol. The predicted octanol–water partition coefficient (Wildman–Crippen LogP) is 11.6. The van der Waals surface area contributed by atoms with E-state index in [2.05, 4.69) is 62.5 Å². The van der Waals surface area contributed by atoms with Gasteiger partial charge < -0.3 is 39.4 Å². The summed E-state index contributed by atoms with van der Waals surface area (Å²) in [6, 6.07) is 0. The molecule has 1 aliphatic heterocycles. The van der Waals surface area contributed by atoms with Crippen LogP contribution in [-0.4, -0.2) is 89.0 Å². The topological polar surface area (TPSA) is 152 Å². The minimum absolute atomic E-state index is 0.178. The molecule has 1 heterocycles. The van der Waals surface area contributed by atoms with Gasteiger partial charge in [-0.15, -0.1) is 0 Å². The monoisotopic (exact) mass is 877 g/mol. The molecule has 10 heteroatoms. The number of esters is 2. The summed E-state index contributed by atoms with van der Waals surface area (Å²) in [6.07, 6.45) is 44.2. The van der Waals surface area contributed by atoms with E-state index < -0.39 is 49.4 Å². The fourth-order valence-corrected chi connectivity index (χ4v) is 7.53. The fourth-order valence-electron chi connectivity index (χ4n) is 7.53. The number of rotatable bonds is 42. The third-order valence-corrected chi connectivity index (χ3v) is 11.5. The van der Waals surface area contributed by atoms with Gasteiger partial charge in [-0.3, -0.25) is 9.59 Å². The first-order chi connectivity index (χ1) is 30.3. The first-order valence-electron chi connectivity index (χ1n) is 25.2. The van der Waals surface area contributed by atoms with Gasteiger partial charge in [-0.05, 0) is 51.4 Å². The molecule has 1 saturated heterocycles. The number of aliphatic hydroxyl groups excluding tert-OH is 4. The van der Waals surface area contributed by atoms with Crippen molar-refractivity contribution in [2.45, 2.75) is 250 Å². The van der Waals surface area contributed by atoms with Gasteiger partial charge >= 0.3 is 11.9 Å². The summed E-state index contributed by atoms with van der Waals surface area (Å²) in [5, 5.41) is 40.1. The molecule has 1 fully saturated rings. The number of hydrogen-bond donors (Lipinski definition) is 4. The minimum atomic E-state index is -1.60. The van der Waals surface area contributed by atoms with Crippen molar-refractivity contribution >= 4 is 11.9 Å². The third kappa shape index (κ3) is 33.2. The lowest BCUT2D eigenvalue weighted by atomic mass is 9.99. The van der Waals surface area contributed by atoms with Crippen LogP contribution < -0.4 is 0 Å². The normalized spacial score (nSPS) is 20.0. The molecule has 1 aliphatic rings. The Morgan fingerprint density at radius 3 is 1.44 bits per heavy atom. The third-order valence-electron chi connectivity index (χ3n) is 11.5. The lowest BCUT2D eigenvalue weighted by Gasteiger charge is -2.39. The van der Waals surface area contributed by atoms with Crippen LogP contribution in [0.4, 0.5) is 0 Å². The SMILES string of the molecule is CC/C=C\C/C=C\C/C=C\C/C=C\CCCCC(=O)OC(COC(=O)CCCCCCCCCCCCCCCCCCCCCCCC)COC1OC(CO)C(O)C(O)C1O. The van der Waals surface area contributed by atoms with E-state index >= 15 is 0 Å². The van der Waals surface area contributed by atoms with Gasteiger partial charge in [0.2, 0.25) is 0 Å². The highest BCUT2D eigenvalue weighted by atomic mass is 16.7. The van der Waals surface area contributed by atoms with Gasteiger partial charge in [-0.2, -0.15) is 0 Å². The molecule has 6 atom stereocenters. The number of carbonyl (C=O) groups is 2. The highest BCUT2D eigenvalue weighted by Gasteiger charge is 2.44. The molecule has 0 aromatic rings. The second kappa shape index (κ2) is 42.6. The van der Waals surface area contributed by atoms with Crippen molar-refractivity contribution in [1.29, 1.82) is 0 Å². The molecule has 0 radical (unpaired) electrons. The van der Waals surface area contributed by atoms with Crippen molar-refractivity contribution in [3.05, 3.63) is 48.6 Å². The number of unbranched alkanes of at least 4 members (excludes halogenated alkanes) is 23. The van der Waals surface area contributed by atoms with E-state index in [1.165, 1.54) is 122 Å². The van der Waals surface area contributed by atoms with Gasteiger partial charge in [0.25, 0.3) is 0 Å². The Labute approximate surface area is 378 Å². The summed E-state index contributed by atoms with van der Waals surface area (Å²) in [5.74, 6) is -0.849. The molecule has 0 spiro atoms. The standard InChI is InChI=1S/C52H92O10/c1-3-5-7-9-11-13-15-17-19-20-21-22-23-24-25-27-28-30-32-34-36-38-40-47(54)59-43-45(44-60-52-51(58)50(57)49(56)46(42-53)62-52)61-48(55)41-39-37-35-33-31-29-26-18-16-14-12-10-8-6-4-2/h6,8,12,14,18,26,31,33,45-46,49-53,56-58H,3-5,7,9-11,13,15-17,19-25,27-30,32,34-44H2,1-2H3/b8-6-,14-12-,26-18-,33-31-. The molecule has 4 N–H and O–H groups in total. The molecular weight excluding hydrogens is 785 g/mol. The van der Waals surface area contributed by atoms with E-state index in [1.807, 2.05) is 0 Å². The maximum Gasteiger partial charge on any atom is 0.306 e. The smallest absolute Gasteiger partial charge is 0.306 e. The molecule has 1 rings (SSSR count). The Balaban J connectivity index is 2.26. The van der Waals surface area contributed by atoms with E-state index in [0.29, 0.717) is 6.42 Å². The fraction of sp³-hybridized carbons (Fsp3) is 0.808. The number of hydrogen-bond acceptors (Lipinski definition) is 10. The lowest BCUT2D eigenvalue weighted by molar-refractivity contribution is -0.305. The Morgan fingerprint density at radius 2 is 0.952 bits per heavy atom. The molecule has 360 valence electrons. The van der Waals surface area contributed by atoms with Gasteiger partial charge in [0, 0.05) is 12.8 Å². The van der Waals surface area contributed by atoms with E-state index in [4.69, 9.17) is 18.9 Å². The Hall–Kier alpha value is -2.34. The zero-order valence-corrected chi connectivity index (χ0v) is 39.4. The van der Waals surface area contributed by atoms with Crippen LogP contribution in [0.3, 0.4) is 0 Å². The molecule has 0 aromatic carbocycles. The van der Waals surface area contributed by atoms with Gasteiger partial charge in [-0.1, -0.05) is 197 Å². The van der Waals surface area contributed by atoms with Crippen LogP contribution in [0.2, 0.25) is 0 Å². The summed E-state index contributed by atoms with van der Waals surface area (Å²) in [7, 11) is 0. The summed E-state index contributed by atoms with van der Waals surface area (Å²) in [4.78, 5) is 25.4. The van der Waals surface area contributed by atoms with Crippen LogP contribution >= 0.6 is 0 Å². The van der Waals surface area contributed by atoms with Gasteiger partial charge in [0.1, 0.15) is 31.0 Å². The van der Waals surface area contributed by atoms with Crippen LogP contribution in [0, 0.1) is 0 Å². The van der Waals surface area contributed by atoms with Crippen molar-refractivity contribution in [1.82, 2.24) is 0 Å². The Morgan fingerprint density at radius 1 is 0.516 bits per heavy atom. The summed E-state index contributed by atoms with van der Waals surface area (Å²) >= 11 is 0. The van der Waals surface area contributed by atoms with Crippen LogP contribution in [0.15, 0.2) is 48.6 Å². The maximum atomic E-state index is 12.8. The molecule has 0 aromatic heterocycles. The maximum absolute atomic E-state index is 12.8. The minimum Gasteiger partial charge on any atom is -0.462 e. The zero-order valence-electron chi connectivity index (χ0n) is 39.4. The van der Waals surface area contributed by atoms with Crippen molar-refractivity contribution in [3.63, 3.8) is 0 Å². The van der Waals surface area contributed by atoms with Crippen molar-refractivity contribution < 1.29 is 49.0 Å². The summed E-state index contributed by atoms with van der Waals surface area (Å²) in [6.45, 7) is 3.29. The second-order valence-electron chi connectivity index (χ2n) is 17.2. The quantitative estimate of drug-likeness (QED) is 0.0265. The molecule has 62 heavy (non-hydrogen) atoms. The van der Waals surface area contributed by atoms with Crippen LogP contribution in [-0.2, 0) is 28.5 Å². The average molecular weight is 877 g/mol. The van der Waals surface area contributed by atoms with Crippen LogP contribution in [0.1, 0.15) is 213 Å². The molecule has 10 nitrogen and oxygen atoms in total. The van der Waals surface area contributed by atoms with Gasteiger partial charge in [0.05, 0.1) is 13.2 Å². The van der Waals surface area contributed by atoms with Crippen molar-refractivity contribution in [2.24, 2.45) is 0 Å². The van der Waals surface area contributed by atoms with E-state index in [0.717, 1.165) is 57.8 Å². The first kappa shape index (κ1) is 57.7. The second-order valence-corrected chi connectivity index (χ2v) is 17.2. The number of ether oxygens (including phenoxy) is 4. The summed E-state index contributed by atoms with van der Waals surface area (Å²) < 4.78 is 22.2. The molecular formula is C52H92O10. The lowest BCUT2D eigenvalue weighted by Crippen LogP contribution is -2.59. The van der Waals surface area contributed by atoms with Gasteiger partial charge in [-0.25, -0.2) is 0 Å². The van der Waals surface area contributed by atoms with Crippen LogP contribution in [0.5, 0.6) is 0 Å². The number of aliphatic hydroxyl groups is 4. The van der Waals surface area contributed by atoms with Crippen molar-refractivity contribution in [2.75, 3.05) is 19.8 Å². The Bertz CT molecular complexity index is 1150. The Kier molecular flexibility index (Phi) is 39.6. The van der Waals surface area contributed by atoms with E-state index in [9.17, 15) is 30.0 Å². The molecule has 0 bridgehead atoms. The zero-order chi connectivity index (χ0) is 45.1. The van der Waals surface area contributed by atoms with E-state index in [1.54, 1.807) is 0 Å². The number of carbonyl (C=O) groups excluding carboxylic acids is 2. The molecule has 0 aliphatic carbocycles. The highest BCUT2D eigenvalue weighted by Crippen LogP contribution is 2.23. The number of allylic oxidation sites excluding steroid dienone is 8. The summed E-state index contributed by atoms with van der Waals surface area (Å²) in [5.41, 5.74) is 0. The first-order valence-corrected chi connectivity index (χ1v) is 25.2. The molecule has 6 unspecified atom stereocenters. The molecule has 0 amide bonds. The van der Waals surface area contributed by atoms with Gasteiger partial charge in [0.15, 0.2) is 12.4 Å². The molecule has 0 saturated carbocycles.